The van der Waals surface area contributed by atoms with Gasteiger partial charge in [-0.1, -0.05) is 6.92 Å². The molecule has 0 N–H and O–H groups in total. The van der Waals surface area contributed by atoms with Crippen LogP contribution in [0, 0.1) is 0 Å². The predicted octanol–water partition coefficient (Wildman–Crippen LogP) is 1.78. The number of amides is 1. The molecule has 2 aromatic rings. The fraction of sp³-hybridized carbons (Fsp3) is 0.529. The van der Waals surface area contributed by atoms with E-state index in [-0.39, 0.29) is 11.9 Å². The Kier molecular flexibility index (Phi) is 4.78. The average molecular weight is 328 g/mol. The maximum absolute atomic E-state index is 12.7. The van der Waals surface area contributed by atoms with Crippen LogP contribution in [-0.2, 0) is 6.42 Å². The first-order valence-electron chi connectivity index (χ1n) is 8.42. The quantitative estimate of drug-likeness (QED) is 0.856. The Labute approximate surface area is 142 Å². The summed E-state index contributed by atoms with van der Waals surface area (Å²) in [5.74, 6) is 1.77. The normalized spacial score (nSPS) is 17.8. The van der Waals surface area contributed by atoms with Gasteiger partial charge in [-0.2, -0.15) is 0 Å². The van der Waals surface area contributed by atoms with Gasteiger partial charge in [0.15, 0.2) is 11.5 Å². The molecule has 0 aromatic carbocycles. The molecule has 0 aliphatic carbocycles. The van der Waals surface area contributed by atoms with E-state index >= 15 is 0 Å². The molecule has 1 amide bonds. The summed E-state index contributed by atoms with van der Waals surface area (Å²) in [5.41, 5.74) is 0.405. The molecule has 24 heavy (non-hydrogen) atoms. The van der Waals surface area contributed by atoms with Crippen LogP contribution in [-0.4, -0.2) is 57.7 Å². The zero-order chi connectivity index (χ0) is 17.1. The van der Waals surface area contributed by atoms with Crippen molar-refractivity contribution in [2.75, 3.05) is 32.1 Å². The third-order valence-corrected chi connectivity index (χ3v) is 4.47. The van der Waals surface area contributed by atoms with E-state index in [0.29, 0.717) is 12.2 Å². The molecule has 3 rings (SSSR count). The van der Waals surface area contributed by atoms with E-state index in [1.807, 2.05) is 42.4 Å². The highest BCUT2D eigenvalue weighted by Gasteiger charge is 2.27. The molecular formula is C17H24N6O. The summed E-state index contributed by atoms with van der Waals surface area (Å²) in [6, 6.07) is 3.87. The first kappa shape index (κ1) is 16.4. The number of piperidine rings is 1. The summed E-state index contributed by atoms with van der Waals surface area (Å²) >= 11 is 0. The number of hydrogen-bond acceptors (Lipinski definition) is 5. The number of carbonyl (C=O) groups excluding carboxylic acids is 1. The zero-order valence-electron chi connectivity index (χ0n) is 14.5. The predicted molar refractivity (Wildman–Crippen MR) is 92.1 cm³/mol. The van der Waals surface area contributed by atoms with E-state index in [0.717, 1.165) is 37.4 Å². The van der Waals surface area contributed by atoms with Crippen molar-refractivity contribution < 1.29 is 4.79 Å². The molecule has 1 saturated heterocycles. The second-order valence-electron chi connectivity index (χ2n) is 6.32. The minimum absolute atomic E-state index is 0.0457. The van der Waals surface area contributed by atoms with Crippen LogP contribution in [0.2, 0.25) is 0 Å². The molecule has 3 heterocycles. The summed E-state index contributed by atoms with van der Waals surface area (Å²) in [5, 5.41) is 8.20. The Hall–Kier alpha value is -2.44. The van der Waals surface area contributed by atoms with Crippen LogP contribution in [0.3, 0.4) is 0 Å². The van der Waals surface area contributed by atoms with E-state index in [4.69, 9.17) is 0 Å². The van der Waals surface area contributed by atoms with Crippen LogP contribution in [0.5, 0.6) is 0 Å². The highest BCUT2D eigenvalue weighted by molar-refractivity contribution is 5.92. The lowest BCUT2D eigenvalue weighted by atomic mass is 10.0. The number of carbonyl (C=O) groups is 1. The molecule has 0 bridgehead atoms. The second kappa shape index (κ2) is 6.98. The minimum atomic E-state index is -0.0457. The minimum Gasteiger partial charge on any atom is -0.361 e. The van der Waals surface area contributed by atoms with Gasteiger partial charge >= 0.3 is 0 Å². The highest BCUT2D eigenvalue weighted by atomic mass is 16.2. The Bertz CT molecular complexity index is 693. The maximum atomic E-state index is 12.7. The highest BCUT2D eigenvalue weighted by Crippen LogP contribution is 2.24. The SMILES string of the molecule is CCc1nccn1[C@H]1CCCN(C(=O)c2ccc(N(C)C)nn2)C1. The van der Waals surface area contributed by atoms with Crippen molar-refractivity contribution in [2.45, 2.75) is 32.2 Å². The van der Waals surface area contributed by atoms with Gasteiger partial charge in [-0.25, -0.2) is 4.98 Å². The molecule has 7 heteroatoms. The topological polar surface area (TPSA) is 67.2 Å². The molecule has 0 radical (unpaired) electrons. The molecule has 128 valence electrons. The summed E-state index contributed by atoms with van der Waals surface area (Å²) in [6.07, 6.45) is 6.81. The number of rotatable bonds is 4. The molecule has 2 aromatic heterocycles. The van der Waals surface area contributed by atoms with Crippen molar-refractivity contribution in [1.82, 2.24) is 24.6 Å². The maximum Gasteiger partial charge on any atom is 0.274 e. The molecule has 7 nitrogen and oxygen atoms in total. The summed E-state index contributed by atoms with van der Waals surface area (Å²) < 4.78 is 2.21. The summed E-state index contributed by atoms with van der Waals surface area (Å²) in [4.78, 5) is 20.9. The van der Waals surface area contributed by atoms with Crippen molar-refractivity contribution in [3.63, 3.8) is 0 Å². The first-order chi connectivity index (χ1) is 11.6. The summed E-state index contributed by atoms with van der Waals surface area (Å²) in [6.45, 7) is 3.56. The van der Waals surface area contributed by atoms with Crippen molar-refractivity contribution in [3.8, 4) is 0 Å². The Morgan fingerprint density at radius 1 is 1.33 bits per heavy atom. The van der Waals surface area contributed by atoms with Gasteiger partial charge in [0.25, 0.3) is 5.91 Å². The van der Waals surface area contributed by atoms with E-state index in [1.54, 1.807) is 6.07 Å². The largest absolute Gasteiger partial charge is 0.361 e. The number of imidazole rings is 1. The lowest BCUT2D eigenvalue weighted by Crippen LogP contribution is -2.41. The van der Waals surface area contributed by atoms with Crippen LogP contribution in [0.1, 0.15) is 42.1 Å². The average Bonchev–Trinajstić information content (AvgIpc) is 3.10. The van der Waals surface area contributed by atoms with Gasteiger partial charge in [0.2, 0.25) is 0 Å². The van der Waals surface area contributed by atoms with E-state index in [1.165, 1.54) is 0 Å². The second-order valence-corrected chi connectivity index (χ2v) is 6.32. The summed E-state index contributed by atoms with van der Waals surface area (Å²) in [7, 11) is 3.80. The smallest absolute Gasteiger partial charge is 0.274 e. The molecule has 1 aliphatic rings. The third-order valence-electron chi connectivity index (χ3n) is 4.47. The molecule has 1 aliphatic heterocycles. The zero-order valence-corrected chi connectivity index (χ0v) is 14.5. The van der Waals surface area contributed by atoms with Crippen molar-refractivity contribution >= 4 is 11.7 Å². The van der Waals surface area contributed by atoms with Crippen molar-refractivity contribution in [2.24, 2.45) is 0 Å². The Morgan fingerprint density at radius 3 is 2.83 bits per heavy atom. The molecule has 0 saturated carbocycles. The fourth-order valence-corrected chi connectivity index (χ4v) is 3.16. The number of hydrogen-bond donors (Lipinski definition) is 0. The molecule has 0 unspecified atom stereocenters. The number of aryl methyl sites for hydroxylation is 1. The van der Waals surface area contributed by atoms with E-state index < -0.39 is 0 Å². The lowest BCUT2D eigenvalue weighted by molar-refractivity contribution is 0.0671. The molecular weight excluding hydrogens is 304 g/mol. The van der Waals surface area contributed by atoms with Crippen molar-refractivity contribution in [3.05, 3.63) is 36.0 Å². The number of aromatic nitrogens is 4. The molecule has 1 atom stereocenters. The van der Waals surface area contributed by atoms with Crippen LogP contribution >= 0.6 is 0 Å². The van der Waals surface area contributed by atoms with E-state index in [2.05, 4.69) is 26.7 Å². The van der Waals surface area contributed by atoms with Crippen molar-refractivity contribution in [1.29, 1.82) is 0 Å². The monoisotopic (exact) mass is 328 g/mol. The van der Waals surface area contributed by atoms with Gasteiger partial charge in [-0.15, -0.1) is 10.2 Å². The van der Waals surface area contributed by atoms with Gasteiger partial charge in [0.05, 0.1) is 6.04 Å². The van der Waals surface area contributed by atoms with Gasteiger partial charge in [0.1, 0.15) is 5.82 Å². The standard InChI is InChI=1S/C17H24N6O/c1-4-15-18-9-11-23(15)13-6-5-10-22(12-13)17(24)14-7-8-16(20-19-14)21(2)3/h7-9,11,13H,4-6,10,12H2,1-3H3/t13-/m0/s1. The van der Waals surface area contributed by atoms with Crippen LogP contribution < -0.4 is 4.90 Å². The van der Waals surface area contributed by atoms with Gasteiger partial charge < -0.3 is 14.4 Å². The van der Waals surface area contributed by atoms with Gasteiger partial charge in [-0.05, 0) is 25.0 Å². The van der Waals surface area contributed by atoms with Crippen LogP contribution in [0.15, 0.2) is 24.5 Å². The fourth-order valence-electron chi connectivity index (χ4n) is 3.16. The molecule has 1 fully saturated rings. The number of anilines is 1. The van der Waals surface area contributed by atoms with Gasteiger partial charge in [-0.3, -0.25) is 4.79 Å². The third kappa shape index (κ3) is 3.25. The van der Waals surface area contributed by atoms with Crippen LogP contribution in [0.25, 0.3) is 0 Å². The first-order valence-corrected chi connectivity index (χ1v) is 8.42. The molecule has 0 spiro atoms. The van der Waals surface area contributed by atoms with E-state index in [9.17, 15) is 4.79 Å². The van der Waals surface area contributed by atoms with Crippen LogP contribution in [0.4, 0.5) is 5.82 Å². The Balaban J connectivity index is 1.73. The lowest BCUT2D eigenvalue weighted by Gasteiger charge is -2.33. The van der Waals surface area contributed by atoms with Gasteiger partial charge in [0, 0.05) is 46.0 Å². The Morgan fingerprint density at radius 2 is 2.17 bits per heavy atom. The number of likely N-dealkylation sites (tertiary alicyclic amines) is 1. The number of nitrogens with zero attached hydrogens (tertiary/aromatic N) is 6.